The molecule has 0 aliphatic rings. The van der Waals surface area contributed by atoms with Gasteiger partial charge in [-0.1, -0.05) is 29.4 Å². The van der Waals surface area contributed by atoms with Crippen molar-refractivity contribution < 1.29 is 17.7 Å². The number of nitrogens with one attached hydrogen (secondary N) is 1. The van der Waals surface area contributed by atoms with Crippen LogP contribution in [-0.4, -0.2) is 25.1 Å². The lowest BCUT2D eigenvalue weighted by molar-refractivity contribution is -0.159. The number of alkyl halides is 3. The highest BCUT2D eigenvalue weighted by atomic mass is 19.4. The molecule has 1 aromatic carbocycles. The number of hydrogen-bond acceptors (Lipinski definition) is 7. The van der Waals surface area contributed by atoms with Crippen LogP contribution in [0.25, 0.3) is 22.3 Å². The zero-order chi connectivity index (χ0) is 19.7. The molecule has 0 fully saturated rings. The summed E-state index contributed by atoms with van der Waals surface area (Å²) in [5.41, 5.74) is 1.89. The van der Waals surface area contributed by atoms with Gasteiger partial charge in [0.2, 0.25) is 11.8 Å². The molecule has 142 valence electrons. The summed E-state index contributed by atoms with van der Waals surface area (Å²) < 4.78 is 41.8. The van der Waals surface area contributed by atoms with Crippen LogP contribution >= 0.6 is 0 Å². The van der Waals surface area contributed by atoms with Gasteiger partial charge in [-0.25, -0.2) is 9.97 Å². The molecule has 0 bridgehead atoms. The number of rotatable bonds is 4. The Morgan fingerprint density at radius 3 is 2.46 bits per heavy atom. The standard InChI is InChI=1S/C18H13F3N6O/c1-10(13-7-6-11-4-2-3-5-14(11)25-13)24-17-22-8-12(9-23-17)15-26-16(28-27-15)18(19,20)21/h2-10H,1H3,(H,22,23,24). The monoisotopic (exact) mass is 386 g/mol. The van der Waals surface area contributed by atoms with E-state index >= 15 is 0 Å². The van der Waals surface area contributed by atoms with Crippen molar-refractivity contribution in [3.8, 4) is 11.4 Å². The number of aromatic nitrogens is 5. The Labute approximate surface area is 156 Å². The first kappa shape index (κ1) is 17.8. The van der Waals surface area contributed by atoms with E-state index in [1.165, 1.54) is 12.4 Å². The maximum Gasteiger partial charge on any atom is 0.471 e. The predicted molar refractivity (Wildman–Crippen MR) is 94.1 cm³/mol. The molecule has 0 radical (unpaired) electrons. The predicted octanol–water partition coefficient (Wildman–Crippen LogP) is 4.27. The molecule has 7 nitrogen and oxygen atoms in total. The molecule has 28 heavy (non-hydrogen) atoms. The number of benzene rings is 1. The van der Waals surface area contributed by atoms with E-state index in [0.29, 0.717) is 5.95 Å². The van der Waals surface area contributed by atoms with E-state index in [1.807, 2.05) is 43.3 Å². The Bertz CT molecular complexity index is 1110. The quantitative estimate of drug-likeness (QED) is 0.560. The van der Waals surface area contributed by atoms with Crippen molar-refractivity contribution in [1.82, 2.24) is 25.1 Å². The van der Waals surface area contributed by atoms with Crippen LogP contribution in [0.15, 0.2) is 53.3 Å². The number of hydrogen-bond donors (Lipinski definition) is 1. The lowest BCUT2D eigenvalue weighted by atomic mass is 10.1. The Balaban J connectivity index is 1.50. The van der Waals surface area contributed by atoms with Crippen LogP contribution in [-0.2, 0) is 6.18 Å². The van der Waals surface area contributed by atoms with Crippen molar-refractivity contribution in [2.24, 2.45) is 0 Å². The SMILES string of the molecule is CC(Nc1ncc(-c2noc(C(F)(F)F)n2)cn1)c1ccc2ccccc2n1. The minimum atomic E-state index is -4.70. The van der Waals surface area contributed by atoms with Crippen LogP contribution in [0.1, 0.15) is 24.6 Å². The van der Waals surface area contributed by atoms with Gasteiger partial charge in [0.25, 0.3) is 0 Å². The first-order chi connectivity index (χ1) is 13.4. The summed E-state index contributed by atoms with van der Waals surface area (Å²) >= 11 is 0. The van der Waals surface area contributed by atoms with Gasteiger partial charge in [0.05, 0.1) is 22.8 Å². The number of halogens is 3. The Morgan fingerprint density at radius 1 is 1.00 bits per heavy atom. The van der Waals surface area contributed by atoms with E-state index < -0.39 is 12.1 Å². The van der Waals surface area contributed by atoms with Gasteiger partial charge >= 0.3 is 12.1 Å². The number of para-hydroxylation sites is 1. The second kappa shape index (κ2) is 6.87. The topological polar surface area (TPSA) is 89.6 Å². The molecule has 0 saturated heterocycles. The van der Waals surface area contributed by atoms with Crippen LogP contribution in [0.3, 0.4) is 0 Å². The molecular weight excluding hydrogens is 373 g/mol. The van der Waals surface area contributed by atoms with Crippen molar-refractivity contribution in [3.63, 3.8) is 0 Å². The van der Waals surface area contributed by atoms with E-state index in [0.717, 1.165) is 16.6 Å². The van der Waals surface area contributed by atoms with Crippen LogP contribution in [0.2, 0.25) is 0 Å². The summed E-state index contributed by atoms with van der Waals surface area (Å²) in [6, 6.07) is 11.5. The second-order valence-electron chi connectivity index (χ2n) is 6.01. The normalized spacial score (nSPS) is 12.9. The molecule has 1 unspecified atom stereocenters. The maximum atomic E-state index is 12.5. The largest absolute Gasteiger partial charge is 0.471 e. The fraction of sp³-hybridized carbons (Fsp3) is 0.167. The van der Waals surface area contributed by atoms with Gasteiger partial charge in [-0.15, -0.1) is 0 Å². The third-order valence-corrected chi connectivity index (χ3v) is 3.99. The van der Waals surface area contributed by atoms with Crippen LogP contribution in [0.4, 0.5) is 19.1 Å². The number of nitrogens with zero attached hydrogens (tertiary/aromatic N) is 5. The molecule has 1 atom stereocenters. The molecule has 4 rings (SSSR count). The molecule has 3 heterocycles. The van der Waals surface area contributed by atoms with Gasteiger partial charge in [-0.2, -0.15) is 18.2 Å². The van der Waals surface area contributed by atoms with Gasteiger partial charge in [-0.3, -0.25) is 4.98 Å². The minimum absolute atomic E-state index is 0.183. The summed E-state index contributed by atoms with van der Waals surface area (Å²) in [5.74, 6) is -1.35. The Kier molecular flexibility index (Phi) is 4.38. The molecule has 10 heteroatoms. The third kappa shape index (κ3) is 3.61. The summed E-state index contributed by atoms with van der Waals surface area (Å²) in [4.78, 5) is 16.1. The van der Waals surface area contributed by atoms with E-state index in [-0.39, 0.29) is 17.4 Å². The lowest BCUT2D eigenvalue weighted by Crippen LogP contribution is -2.11. The molecule has 4 aromatic rings. The summed E-state index contributed by atoms with van der Waals surface area (Å²) in [6.45, 7) is 1.91. The minimum Gasteiger partial charge on any atom is -0.346 e. The average molecular weight is 386 g/mol. The highest BCUT2D eigenvalue weighted by molar-refractivity contribution is 5.78. The number of fused-ring (bicyclic) bond motifs is 1. The molecule has 3 aromatic heterocycles. The molecule has 0 saturated carbocycles. The van der Waals surface area contributed by atoms with E-state index in [2.05, 4.69) is 34.9 Å². The Morgan fingerprint density at radius 2 is 1.75 bits per heavy atom. The zero-order valence-electron chi connectivity index (χ0n) is 14.5. The van der Waals surface area contributed by atoms with Crippen molar-refractivity contribution >= 4 is 16.9 Å². The maximum absolute atomic E-state index is 12.5. The molecular formula is C18H13F3N6O. The van der Waals surface area contributed by atoms with Crippen LogP contribution in [0, 0.1) is 0 Å². The molecule has 1 N–H and O–H groups in total. The smallest absolute Gasteiger partial charge is 0.346 e. The summed E-state index contributed by atoms with van der Waals surface area (Å²) in [5, 5.41) is 7.44. The zero-order valence-corrected chi connectivity index (χ0v) is 14.5. The van der Waals surface area contributed by atoms with Crippen molar-refractivity contribution in [2.75, 3.05) is 5.32 Å². The Hall–Kier alpha value is -3.56. The number of anilines is 1. The van der Waals surface area contributed by atoms with Crippen LogP contribution in [0.5, 0.6) is 0 Å². The summed E-state index contributed by atoms with van der Waals surface area (Å²) in [7, 11) is 0. The van der Waals surface area contributed by atoms with Gasteiger partial charge in [0.1, 0.15) is 0 Å². The molecule has 0 aliphatic carbocycles. The van der Waals surface area contributed by atoms with Crippen molar-refractivity contribution in [3.05, 3.63) is 60.4 Å². The van der Waals surface area contributed by atoms with Crippen LogP contribution < -0.4 is 5.32 Å². The summed E-state index contributed by atoms with van der Waals surface area (Å²) in [6.07, 6.45) is -2.06. The first-order valence-electron chi connectivity index (χ1n) is 8.26. The number of pyridine rings is 1. The fourth-order valence-corrected chi connectivity index (χ4v) is 2.56. The van der Waals surface area contributed by atoms with Gasteiger partial charge < -0.3 is 9.84 Å². The van der Waals surface area contributed by atoms with E-state index in [9.17, 15) is 13.2 Å². The highest BCUT2D eigenvalue weighted by Crippen LogP contribution is 2.29. The van der Waals surface area contributed by atoms with Crippen molar-refractivity contribution in [2.45, 2.75) is 19.1 Å². The second-order valence-corrected chi connectivity index (χ2v) is 6.01. The molecule has 0 amide bonds. The van der Waals surface area contributed by atoms with Gasteiger partial charge in [-0.05, 0) is 19.1 Å². The van der Waals surface area contributed by atoms with Crippen molar-refractivity contribution in [1.29, 1.82) is 0 Å². The lowest BCUT2D eigenvalue weighted by Gasteiger charge is -2.13. The average Bonchev–Trinajstić information content (AvgIpc) is 3.19. The first-order valence-corrected chi connectivity index (χ1v) is 8.26. The van der Waals surface area contributed by atoms with Gasteiger partial charge in [0, 0.05) is 17.8 Å². The third-order valence-electron chi connectivity index (χ3n) is 3.99. The van der Waals surface area contributed by atoms with E-state index in [1.54, 1.807) is 0 Å². The molecule has 0 spiro atoms. The van der Waals surface area contributed by atoms with Gasteiger partial charge in [0.15, 0.2) is 0 Å². The van der Waals surface area contributed by atoms with E-state index in [4.69, 9.17) is 0 Å². The molecule has 0 aliphatic heterocycles. The fourth-order valence-electron chi connectivity index (χ4n) is 2.56. The highest BCUT2D eigenvalue weighted by Gasteiger charge is 2.38.